The van der Waals surface area contributed by atoms with Gasteiger partial charge in [0.1, 0.15) is 5.82 Å². The second-order valence-electron chi connectivity index (χ2n) is 5.46. The van der Waals surface area contributed by atoms with E-state index in [0.717, 1.165) is 21.6 Å². The Balaban J connectivity index is 1.52. The second-order valence-corrected chi connectivity index (χ2v) is 7.54. The summed E-state index contributed by atoms with van der Waals surface area (Å²) in [4.78, 5) is 13.4. The van der Waals surface area contributed by atoms with Crippen LogP contribution in [0, 0.1) is 0 Å². The topological polar surface area (TPSA) is 46.9 Å². The molecule has 0 aliphatic carbocycles. The highest BCUT2D eigenvalue weighted by atomic mass is 79.9. The summed E-state index contributed by atoms with van der Waals surface area (Å²) < 4.78 is 2.84. The highest BCUT2D eigenvalue weighted by Crippen LogP contribution is 2.18. The minimum absolute atomic E-state index is 0.000914. The number of amides is 1. The molecule has 25 heavy (non-hydrogen) atoms. The maximum atomic E-state index is 12.2. The standard InChI is InChI=1S/C19H18BrN3OS/c20-16-8-6-15(7-9-16)14-23-18(10-12-21-23)22-19(24)11-13-25-17-4-2-1-3-5-17/h1-10,12H,11,13-14H2,(H,22,24). The minimum atomic E-state index is 0.000914. The van der Waals surface area contributed by atoms with Gasteiger partial charge in [-0.15, -0.1) is 11.8 Å². The van der Waals surface area contributed by atoms with Crippen molar-refractivity contribution in [2.45, 2.75) is 17.9 Å². The number of carbonyl (C=O) groups excluding carboxylic acids is 1. The summed E-state index contributed by atoms with van der Waals surface area (Å²) >= 11 is 5.11. The number of nitrogens with zero attached hydrogens (tertiary/aromatic N) is 2. The van der Waals surface area contributed by atoms with E-state index in [1.165, 1.54) is 4.90 Å². The minimum Gasteiger partial charge on any atom is -0.311 e. The van der Waals surface area contributed by atoms with Crippen LogP contribution in [0.2, 0.25) is 0 Å². The first-order chi connectivity index (χ1) is 12.2. The molecule has 0 fully saturated rings. The summed E-state index contributed by atoms with van der Waals surface area (Å²) in [5, 5.41) is 7.25. The molecule has 0 spiro atoms. The smallest absolute Gasteiger partial charge is 0.226 e. The lowest BCUT2D eigenvalue weighted by molar-refractivity contribution is -0.115. The van der Waals surface area contributed by atoms with Gasteiger partial charge in [0.05, 0.1) is 12.7 Å². The molecule has 1 amide bonds. The van der Waals surface area contributed by atoms with Gasteiger partial charge in [-0.25, -0.2) is 4.68 Å². The maximum Gasteiger partial charge on any atom is 0.226 e. The molecule has 1 N–H and O–H groups in total. The Labute approximate surface area is 159 Å². The number of carbonyl (C=O) groups is 1. The van der Waals surface area contributed by atoms with E-state index in [9.17, 15) is 4.79 Å². The number of hydrogen-bond donors (Lipinski definition) is 1. The number of benzene rings is 2. The molecule has 0 bridgehead atoms. The summed E-state index contributed by atoms with van der Waals surface area (Å²) in [5.74, 6) is 1.47. The predicted molar refractivity (Wildman–Crippen MR) is 106 cm³/mol. The Morgan fingerprint density at radius 2 is 1.84 bits per heavy atom. The van der Waals surface area contributed by atoms with Gasteiger partial charge < -0.3 is 5.32 Å². The zero-order valence-corrected chi connectivity index (χ0v) is 16.0. The van der Waals surface area contributed by atoms with E-state index in [2.05, 4.69) is 38.5 Å². The highest BCUT2D eigenvalue weighted by Gasteiger charge is 2.08. The number of aromatic nitrogens is 2. The van der Waals surface area contributed by atoms with E-state index in [-0.39, 0.29) is 5.91 Å². The quantitative estimate of drug-likeness (QED) is 0.562. The third-order valence-corrected chi connectivity index (χ3v) is 5.11. The number of anilines is 1. The van der Waals surface area contributed by atoms with Crippen LogP contribution in [0.15, 0.2) is 76.2 Å². The van der Waals surface area contributed by atoms with Gasteiger partial charge in [0.15, 0.2) is 0 Å². The molecule has 0 saturated carbocycles. The van der Waals surface area contributed by atoms with E-state index in [0.29, 0.717) is 13.0 Å². The van der Waals surface area contributed by atoms with E-state index in [1.807, 2.05) is 48.5 Å². The fourth-order valence-corrected chi connectivity index (χ4v) is 3.45. The average Bonchev–Trinajstić information content (AvgIpc) is 3.04. The summed E-state index contributed by atoms with van der Waals surface area (Å²) in [7, 11) is 0. The molecule has 3 aromatic rings. The van der Waals surface area contributed by atoms with E-state index >= 15 is 0 Å². The van der Waals surface area contributed by atoms with Crippen molar-refractivity contribution in [3.63, 3.8) is 0 Å². The van der Waals surface area contributed by atoms with E-state index in [4.69, 9.17) is 0 Å². The SMILES string of the molecule is O=C(CCSc1ccccc1)Nc1ccnn1Cc1ccc(Br)cc1. The number of nitrogens with one attached hydrogen (secondary N) is 1. The van der Waals surface area contributed by atoms with Crippen molar-refractivity contribution in [2.75, 3.05) is 11.1 Å². The van der Waals surface area contributed by atoms with Gasteiger partial charge >= 0.3 is 0 Å². The predicted octanol–water partition coefficient (Wildman–Crippen LogP) is 4.81. The van der Waals surface area contributed by atoms with Crippen molar-refractivity contribution in [3.8, 4) is 0 Å². The molecule has 0 radical (unpaired) electrons. The second kappa shape index (κ2) is 8.87. The Morgan fingerprint density at radius 3 is 2.60 bits per heavy atom. The van der Waals surface area contributed by atoms with Gasteiger partial charge in [-0.05, 0) is 29.8 Å². The van der Waals surface area contributed by atoms with Crippen molar-refractivity contribution in [1.82, 2.24) is 9.78 Å². The van der Waals surface area contributed by atoms with Gasteiger partial charge in [0.25, 0.3) is 0 Å². The average molecular weight is 416 g/mol. The highest BCUT2D eigenvalue weighted by molar-refractivity contribution is 9.10. The Morgan fingerprint density at radius 1 is 1.08 bits per heavy atom. The lowest BCUT2D eigenvalue weighted by Crippen LogP contribution is -2.16. The first-order valence-electron chi connectivity index (χ1n) is 7.95. The molecular weight excluding hydrogens is 398 g/mol. The summed E-state index contributed by atoms with van der Waals surface area (Å²) in [6.07, 6.45) is 2.16. The Kier molecular flexibility index (Phi) is 6.30. The summed E-state index contributed by atoms with van der Waals surface area (Å²) in [6.45, 7) is 0.620. The van der Waals surface area contributed by atoms with E-state index < -0.39 is 0 Å². The van der Waals surface area contributed by atoms with Crippen LogP contribution in [-0.4, -0.2) is 21.4 Å². The number of hydrogen-bond acceptors (Lipinski definition) is 3. The fraction of sp³-hybridized carbons (Fsp3) is 0.158. The van der Waals surface area contributed by atoms with Gasteiger partial charge in [0.2, 0.25) is 5.91 Å². The molecule has 1 heterocycles. The van der Waals surface area contributed by atoms with Crippen molar-refractivity contribution in [2.24, 2.45) is 0 Å². The molecule has 0 saturated heterocycles. The van der Waals surface area contributed by atoms with Crippen molar-refractivity contribution in [1.29, 1.82) is 0 Å². The molecule has 6 heteroatoms. The molecule has 0 atom stereocenters. The lowest BCUT2D eigenvalue weighted by Gasteiger charge is -2.09. The summed E-state index contributed by atoms with van der Waals surface area (Å²) in [5.41, 5.74) is 1.13. The third-order valence-electron chi connectivity index (χ3n) is 3.57. The number of rotatable bonds is 7. The molecule has 0 unspecified atom stereocenters. The normalized spacial score (nSPS) is 10.6. The van der Waals surface area contributed by atoms with Crippen LogP contribution in [0.5, 0.6) is 0 Å². The molecule has 128 valence electrons. The van der Waals surface area contributed by atoms with Crippen LogP contribution < -0.4 is 5.32 Å². The molecule has 3 rings (SSSR count). The van der Waals surface area contributed by atoms with Crippen LogP contribution in [0.3, 0.4) is 0 Å². The van der Waals surface area contributed by atoms with Crippen molar-refractivity contribution >= 4 is 39.4 Å². The zero-order valence-electron chi connectivity index (χ0n) is 13.6. The molecule has 0 aliphatic heterocycles. The summed E-state index contributed by atoms with van der Waals surface area (Å²) in [6, 6.07) is 20.0. The first-order valence-corrected chi connectivity index (χ1v) is 9.72. The fourth-order valence-electron chi connectivity index (χ4n) is 2.31. The van der Waals surface area contributed by atoms with Gasteiger partial charge in [-0.3, -0.25) is 4.79 Å². The van der Waals surface area contributed by atoms with Gasteiger partial charge in [-0.2, -0.15) is 5.10 Å². The van der Waals surface area contributed by atoms with Gasteiger partial charge in [-0.1, -0.05) is 46.3 Å². The van der Waals surface area contributed by atoms with Crippen LogP contribution in [0.4, 0.5) is 5.82 Å². The number of thioether (sulfide) groups is 1. The Hall–Kier alpha value is -2.05. The van der Waals surface area contributed by atoms with E-state index in [1.54, 1.807) is 22.6 Å². The van der Waals surface area contributed by atoms with Crippen LogP contribution in [-0.2, 0) is 11.3 Å². The van der Waals surface area contributed by atoms with Gasteiger partial charge in [0, 0.05) is 27.6 Å². The monoisotopic (exact) mass is 415 g/mol. The van der Waals surface area contributed by atoms with Crippen molar-refractivity contribution in [3.05, 3.63) is 76.9 Å². The molecule has 4 nitrogen and oxygen atoms in total. The Bertz CT molecular complexity index is 818. The molecular formula is C19H18BrN3OS. The molecule has 1 aromatic heterocycles. The largest absolute Gasteiger partial charge is 0.311 e. The molecule has 0 aliphatic rings. The molecule has 2 aromatic carbocycles. The van der Waals surface area contributed by atoms with Crippen molar-refractivity contribution < 1.29 is 4.79 Å². The van der Waals surface area contributed by atoms with Crippen LogP contribution in [0.1, 0.15) is 12.0 Å². The maximum absolute atomic E-state index is 12.2. The zero-order chi connectivity index (χ0) is 17.5. The third kappa shape index (κ3) is 5.47. The first kappa shape index (κ1) is 17.8. The number of halogens is 1. The van der Waals surface area contributed by atoms with Crippen LogP contribution in [0.25, 0.3) is 0 Å². The lowest BCUT2D eigenvalue weighted by atomic mass is 10.2. The van der Waals surface area contributed by atoms with Crippen LogP contribution >= 0.6 is 27.7 Å².